The zero-order valence-electron chi connectivity index (χ0n) is 13.1. The van der Waals surface area contributed by atoms with Gasteiger partial charge < -0.3 is 4.98 Å². The Morgan fingerprint density at radius 2 is 2.22 bits per heavy atom. The van der Waals surface area contributed by atoms with E-state index in [0.717, 1.165) is 24.3 Å². The molecular weight excluding hydrogens is 306 g/mol. The molecule has 0 spiro atoms. The van der Waals surface area contributed by atoms with Crippen molar-refractivity contribution < 1.29 is 0 Å². The second kappa shape index (κ2) is 5.91. The molecular formula is C18H19N3OS. The molecule has 1 saturated heterocycles. The molecule has 0 saturated carbocycles. The Morgan fingerprint density at radius 3 is 3.09 bits per heavy atom. The van der Waals surface area contributed by atoms with Gasteiger partial charge in [0, 0.05) is 6.04 Å². The Morgan fingerprint density at radius 1 is 1.35 bits per heavy atom. The smallest absolute Gasteiger partial charge is 0.268 e. The summed E-state index contributed by atoms with van der Waals surface area (Å²) in [5.41, 5.74) is 3.51. The first-order chi connectivity index (χ1) is 11.2. The van der Waals surface area contributed by atoms with Gasteiger partial charge in [-0.15, -0.1) is 11.3 Å². The number of hydrogen-bond acceptors (Lipinski definition) is 4. The van der Waals surface area contributed by atoms with E-state index in [2.05, 4.69) is 46.1 Å². The van der Waals surface area contributed by atoms with Crippen LogP contribution in [0.4, 0.5) is 0 Å². The number of hydrogen-bond donors (Lipinski definition) is 1. The van der Waals surface area contributed by atoms with Crippen LogP contribution in [0.25, 0.3) is 10.2 Å². The third-order valence-corrected chi connectivity index (χ3v) is 5.53. The predicted octanol–water partition coefficient (Wildman–Crippen LogP) is 3.63. The van der Waals surface area contributed by atoms with Crippen molar-refractivity contribution in [3.63, 3.8) is 0 Å². The third kappa shape index (κ3) is 2.71. The van der Waals surface area contributed by atoms with Crippen LogP contribution < -0.4 is 5.56 Å². The molecule has 23 heavy (non-hydrogen) atoms. The van der Waals surface area contributed by atoms with Gasteiger partial charge >= 0.3 is 0 Å². The minimum atomic E-state index is -0.0216. The number of thiophene rings is 1. The molecule has 1 fully saturated rings. The molecule has 0 aliphatic carbocycles. The monoisotopic (exact) mass is 325 g/mol. The van der Waals surface area contributed by atoms with Gasteiger partial charge in [0.2, 0.25) is 0 Å². The highest BCUT2D eigenvalue weighted by molar-refractivity contribution is 7.17. The number of rotatable bonds is 3. The summed E-state index contributed by atoms with van der Waals surface area (Å²) >= 11 is 1.44. The molecule has 3 heterocycles. The molecule has 3 aromatic rings. The fourth-order valence-electron chi connectivity index (χ4n) is 3.52. The number of nitrogens with one attached hydrogen (secondary N) is 1. The van der Waals surface area contributed by atoms with E-state index in [1.54, 1.807) is 0 Å². The van der Waals surface area contributed by atoms with Crippen LogP contribution in [0.3, 0.4) is 0 Å². The van der Waals surface area contributed by atoms with Crippen LogP contribution in [0.5, 0.6) is 0 Å². The molecule has 1 aliphatic heterocycles. The summed E-state index contributed by atoms with van der Waals surface area (Å²) in [6.45, 7) is 3.91. The summed E-state index contributed by atoms with van der Waals surface area (Å²) in [5.74, 6) is 0.765. The zero-order valence-corrected chi connectivity index (χ0v) is 13.9. The number of fused-ring (bicyclic) bond motifs is 1. The van der Waals surface area contributed by atoms with Gasteiger partial charge in [0.15, 0.2) is 0 Å². The average Bonchev–Trinajstić information content (AvgIpc) is 3.17. The van der Waals surface area contributed by atoms with Gasteiger partial charge in [-0.2, -0.15) is 0 Å². The van der Waals surface area contributed by atoms with E-state index in [0.29, 0.717) is 17.3 Å². The first-order valence-electron chi connectivity index (χ1n) is 7.98. The van der Waals surface area contributed by atoms with Crippen LogP contribution in [0.1, 0.15) is 35.8 Å². The normalized spacial score (nSPS) is 18.7. The van der Waals surface area contributed by atoms with Crippen molar-refractivity contribution in [3.05, 3.63) is 63.0 Å². The number of benzene rings is 1. The van der Waals surface area contributed by atoms with E-state index in [1.165, 1.54) is 28.9 Å². The van der Waals surface area contributed by atoms with Crippen LogP contribution >= 0.6 is 11.3 Å². The molecule has 5 heteroatoms. The lowest BCUT2D eigenvalue weighted by Crippen LogP contribution is -2.25. The minimum absolute atomic E-state index is 0.0216. The Balaban J connectivity index is 1.64. The number of aromatic nitrogens is 2. The second-order valence-corrected chi connectivity index (χ2v) is 7.05. The maximum atomic E-state index is 12.1. The molecule has 0 radical (unpaired) electrons. The quantitative estimate of drug-likeness (QED) is 0.800. The molecule has 1 N–H and O–H groups in total. The number of H-pyrrole nitrogens is 1. The average molecular weight is 325 g/mol. The van der Waals surface area contributed by atoms with Crippen LogP contribution in [-0.2, 0) is 6.54 Å². The Hall–Kier alpha value is -1.98. The molecule has 4 nitrogen and oxygen atoms in total. The lowest BCUT2D eigenvalue weighted by molar-refractivity contribution is 0.242. The van der Waals surface area contributed by atoms with Crippen LogP contribution in [0.2, 0.25) is 0 Å². The van der Waals surface area contributed by atoms with Gasteiger partial charge in [-0.1, -0.05) is 24.3 Å². The molecule has 4 rings (SSSR count). The van der Waals surface area contributed by atoms with E-state index in [1.807, 2.05) is 11.4 Å². The third-order valence-electron chi connectivity index (χ3n) is 4.63. The highest BCUT2D eigenvalue weighted by Crippen LogP contribution is 2.34. The van der Waals surface area contributed by atoms with Crippen molar-refractivity contribution in [1.29, 1.82) is 0 Å². The van der Waals surface area contributed by atoms with E-state index in [9.17, 15) is 4.79 Å². The second-order valence-electron chi connectivity index (χ2n) is 6.13. The Labute approximate surface area is 138 Å². The van der Waals surface area contributed by atoms with Gasteiger partial charge in [-0.3, -0.25) is 9.69 Å². The largest absolute Gasteiger partial charge is 0.308 e. The molecule has 0 amide bonds. The van der Waals surface area contributed by atoms with Gasteiger partial charge in [0.25, 0.3) is 5.56 Å². The Bertz CT molecular complexity index is 898. The van der Waals surface area contributed by atoms with Crippen LogP contribution in [0, 0.1) is 6.92 Å². The van der Waals surface area contributed by atoms with E-state index >= 15 is 0 Å². The van der Waals surface area contributed by atoms with Gasteiger partial charge in [0.1, 0.15) is 10.5 Å². The van der Waals surface area contributed by atoms with Crippen LogP contribution in [0.15, 0.2) is 40.5 Å². The van der Waals surface area contributed by atoms with Crippen molar-refractivity contribution in [2.24, 2.45) is 0 Å². The number of nitrogens with zero attached hydrogens (tertiary/aromatic N) is 2. The number of likely N-dealkylation sites (tertiary alicyclic amines) is 1. The van der Waals surface area contributed by atoms with Gasteiger partial charge in [-0.05, 0) is 48.9 Å². The minimum Gasteiger partial charge on any atom is -0.308 e. The lowest BCUT2D eigenvalue weighted by atomic mass is 9.99. The molecule has 1 aliphatic rings. The Kier molecular flexibility index (Phi) is 3.75. The topological polar surface area (TPSA) is 49.0 Å². The van der Waals surface area contributed by atoms with Crippen molar-refractivity contribution in [2.75, 3.05) is 6.54 Å². The van der Waals surface area contributed by atoms with Crippen molar-refractivity contribution in [2.45, 2.75) is 32.4 Å². The van der Waals surface area contributed by atoms with E-state index in [4.69, 9.17) is 0 Å². The first kappa shape index (κ1) is 14.6. The highest BCUT2D eigenvalue weighted by atomic mass is 32.1. The van der Waals surface area contributed by atoms with Crippen LogP contribution in [-0.4, -0.2) is 21.4 Å². The van der Waals surface area contributed by atoms with Gasteiger partial charge in [0.05, 0.1) is 12.1 Å². The fourth-order valence-corrected chi connectivity index (χ4v) is 4.24. The molecule has 1 aromatic carbocycles. The standard InChI is InChI=1S/C18H19N3OS/c1-12-5-2-3-6-13(12)15-7-4-9-21(15)11-16-19-14-8-10-23-17(14)18(22)20-16/h2-3,5-6,8,10,15H,4,7,9,11H2,1H3,(H,19,20,22). The summed E-state index contributed by atoms with van der Waals surface area (Å²) in [4.78, 5) is 22.1. The number of aryl methyl sites for hydroxylation is 1. The first-order valence-corrected chi connectivity index (χ1v) is 8.86. The summed E-state index contributed by atoms with van der Waals surface area (Å²) in [7, 11) is 0. The summed E-state index contributed by atoms with van der Waals surface area (Å²) < 4.78 is 0.714. The van der Waals surface area contributed by atoms with E-state index in [-0.39, 0.29) is 5.56 Å². The summed E-state index contributed by atoms with van der Waals surface area (Å²) in [6.07, 6.45) is 2.35. The molecule has 2 aromatic heterocycles. The molecule has 118 valence electrons. The van der Waals surface area contributed by atoms with Gasteiger partial charge in [-0.25, -0.2) is 4.98 Å². The van der Waals surface area contributed by atoms with Crippen molar-refractivity contribution in [3.8, 4) is 0 Å². The molecule has 1 atom stereocenters. The SMILES string of the molecule is Cc1ccccc1C1CCCN1Cc1nc2ccsc2c(=O)[nH]1. The van der Waals surface area contributed by atoms with Crippen molar-refractivity contribution in [1.82, 2.24) is 14.9 Å². The highest BCUT2D eigenvalue weighted by Gasteiger charge is 2.27. The maximum absolute atomic E-state index is 12.1. The molecule has 1 unspecified atom stereocenters. The summed E-state index contributed by atoms with van der Waals surface area (Å²) in [5, 5.41) is 1.92. The fraction of sp³-hybridized carbons (Fsp3) is 0.333. The lowest BCUT2D eigenvalue weighted by Gasteiger charge is -2.25. The summed E-state index contributed by atoms with van der Waals surface area (Å²) in [6, 6.07) is 10.9. The molecule has 0 bridgehead atoms. The van der Waals surface area contributed by atoms with Crippen molar-refractivity contribution >= 4 is 21.6 Å². The maximum Gasteiger partial charge on any atom is 0.268 e. The predicted molar refractivity (Wildman–Crippen MR) is 93.8 cm³/mol. The van der Waals surface area contributed by atoms with E-state index < -0.39 is 0 Å². The zero-order chi connectivity index (χ0) is 15.8. The number of aromatic amines is 1.